The Morgan fingerprint density at radius 1 is 1.38 bits per heavy atom. The van der Waals surface area contributed by atoms with Gasteiger partial charge in [-0.05, 0) is 28.1 Å². The maximum absolute atomic E-state index is 12.3. The minimum atomic E-state index is -0.315. The number of pyridine rings is 1. The van der Waals surface area contributed by atoms with Gasteiger partial charge >= 0.3 is 0 Å². The Hall–Kier alpha value is -2.41. The van der Waals surface area contributed by atoms with E-state index in [1.807, 2.05) is 18.2 Å². The van der Waals surface area contributed by atoms with Crippen molar-refractivity contribution >= 4 is 44.1 Å². The van der Waals surface area contributed by atoms with E-state index < -0.39 is 0 Å². The minimum Gasteiger partial charge on any atom is -0.396 e. The molecular weight excluding hydrogens is 334 g/mol. The van der Waals surface area contributed by atoms with Gasteiger partial charge in [-0.3, -0.25) is 14.5 Å². The third kappa shape index (κ3) is 2.47. The lowest BCUT2D eigenvalue weighted by atomic mass is 10.2. The number of anilines is 2. The first-order valence-electron chi connectivity index (χ1n) is 6.19. The molecular formula is C14H12BrN5O. The lowest BCUT2D eigenvalue weighted by molar-refractivity contribution is 0.101. The van der Waals surface area contributed by atoms with Gasteiger partial charge in [-0.15, -0.1) is 0 Å². The second-order valence-electron chi connectivity index (χ2n) is 4.56. The van der Waals surface area contributed by atoms with Gasteiger partial charge < -0.3 is 11.1 Å². The minimum absolute atomic E-state index is 0.315. The molecule has 6 nitrogen and oxygen atoms in total. The molecule has 2 aromatic heterocycles. The summed E-state index contributed by atoms with van der Waals surface area (Å²) in [5, 5.41) is 7.72. The lowest BCUT2D eigenvalue weighted by Crippen LogP contribution is -2.18. The Morgan fingerprint density at radius 2 is 2.19 bits per heavy atom. The van der Waals surface area contributed by atoms with E-state index in [0.29, 0.717) is 17.1 Å². The molecule has 0 bridgehead atoms. The van der Waals surface area contributed by atoms with E-state index in [-0.39, 0.29) is 5.91 Å². The molecule has 2 heterocycles. The number of nitrogens with zero attached hydrogens (tertiary/aromatic N) is 3. The van der Waals surface area contributed by atoms with Crippen molar-refractivity contribution in [2.45, 2.75) is 0 Å². The number of nitrogen functional groups attached to an aromatic ring is 1. The van der Waals surface area contributed by atoms with Crippen LogP contribution >= 0.6 is 15.9 Å². The SMILES string of the molecule is Cn1ncc(N)c1C(=O)Nc1cccc2cc(Br)cnc12. The van der Waals surface area contributed by atoms with Crippen molar-refractivity contribution in [2.75, 3.05) is 11.1 Å². The fourth-order valence-electron chi connectivity index (χ4n) is 2.15. The number of nitrogens with two attached hydrogens (primary N) is 1. The molecule has 0 aliphatic carbocycles. The van der Waals surface area contributed by atoms with Gasteiger partial charge in [0, 0.05) is 23.1 Å². The summed E-state index contributed by atoms with van der Waals surface area (Å²) in [6, 6.07) is 7.53. The summed E-state index contributed by atoms with van der Waals surface area (Å²) in [6.07, 6.45) is 3.14. The van der Waals surface area contributed by atoms with Gasteiger partial charge in [0.2, 0.25) is 0 Å². The number of fused-ring (bicyclic) bond motifs is 1. The first-order chi connectivity index (χ1) is 10.1. The zero-order valence-electron chi connectivity index (χ0n) is 11.2. The first-order valence-corrected chi connectivity index (χ1v) is 6.98. The summed E-state index contributed by atoms with van der Waals surface area (Å²) >= 11 is 3.38. The predicted molar refractivity (Wildman–Crippen MR) is 85.0 cm³/mol. The van der Waals surface area contributed by atoms with Crippen molar-refractivity contribution in [2.24, 2.45) is 7.05 Å². The molecule has 7 heteroatoms. The highest BCUT2D eigenvalue weighted by molar-refractivity contribution is 9.10. The number of para-hydroxylation sites is 1. The molecule has 0 aliphatic rings. The molecule has 0 radical (unpaired) electrons. The van der Waals surface area contributed by atoms with Crippen LogP contribution in [0.5, 0.6) is 0 Å². The molecule has 1 amide bonds. The van der Waals surface area contributed by atoms with E-state index in [0.717, 1.165) is 15.4 Å². The number of amides is 1. The average molecular weight is 346 g/mol. The molecule has 1 aromatic carbocycles. The van der Waals surface area contributed by atoms with Crippen LogP contribution in [0.25, 0.3) is 10.9 Å². The molecule has 0 spiro atoms. The fourth-order valence-corrected chi connectivity index (χ4v) is 2.50. The molecule has 0 saturated heterocycles. The number of benzene rings is 1. The second-order valence-corrected chi connectivity index (χ2v) is 5.47. The molecule has 3 rings (SSSR count). The van der Waals surface area contributed by atoms with Crippen LogP contribution in [0.3, 0.4) is 0 Å². The van der Waals surface area contributed by atoms with Crippen molar-refractivity contribution in [3.63, 3.8) is 0 Å². The van der Waals surface area contributed by atoms with Gasteiger partial charge in [-0.1, -0.05) is 12.1 Å². The second kappa shape index (κ2) is 5.17. The smallest absolute Gasteiger partial charge is 0.276 e. The summed E-state index contributed by atoms with van der Waals surface area (Å²) in [5.41, 5.74) is 7.77. The summed E-state index contributed by atoms with van der Waals surface area (Å²) in [5.74, 6) is -0.315. The molecule has 0 unspecified atom stereocenters. The highest BCUT2D eigenvalue weighted by Gasteiger charge is 2.16. The van der Waals surface area contributed by atoms with Crippen molar-refractivity contribution in [3.8, 4) is 0 Å². The number of halogens is 1. The molecule has 3 N–H and O–H groups in total. The Bertz CT molecular complexity index is 823. The Balaban J connectivity index is 2.01. The van der Waals surface area contributed by atoms with Crippen molar-refractivity contribution in [3.05, 3.63) is 46.8 Å². The Labute approximate surface area is 129 Å². The maximum Gasteiger partial charge on any atom is 0.276 e. The van der Waals surface area contributed by atoms with E-state index in [2.05, 4.69) is 31.3 Å². The van der Waals surface area contributed by atoms with Crippen LogP contribution < -0.4 is 11.1 Å². The quantitative estimate of drug-likeness (QED) is 0.747. The molecule has 0 atom stereocenters. The van der Waals surface area contributed by atoms with Crippen LogP contribution in [0.4, 0.5) is 11.4 Å². The number of carbonyl (C=O) groups is 1. The van der Waals surface area contributed by atoms with E-state index >= 15 is 0 Å². The monoisotopic (exact) mass is 345 g/mol. The highest BCUT2D eigenvalue weighted by atomic mass is 79.9. The Morgan fingerprint density at radius 3 is 2.90 bits per heavy atom. The van der Waals surface area contributed by atoms with Crippen LogP contribution in [0.2, 0.25) is 0 Å². The molecule has 0 fully saturated rings. The maximum atomic E-state index is 12.3. The van der Waals surface area contributed by atoms with Gasteiger partial charge in [0.05, 0.1) is 23.1 Å². The standard InChI is InChI=1S/C14H12BrN5O/c1-20-13(10(16)7-18-20)14(21)19-11-4-2-3-8-5-9(15)6-17-12(8)11/h2-7H,16H2,1H3,(H,19,21). The predicted octanol–water partition coefficient (Wildman–Crippen LogP) is 2.57. The third-order valence-electron chi connectivity index (χ3n) is 3.11. The molecule has 0 saturated carbocycles. The summed E-state index contributed by atoms with van der Waals surface area (Å²) in [7, 11) is 1.67. The molecule has 21 heavy (non-hydrogen) atoms. The summed E-state index contributed by atoms with van der Waals surface area (Å²) in [6.45, 7) is 0. The van der Waals surface area contributed by atoms with Crippen molar-refractivity contribution in [1.82, 2.24) is 14.8 Å². The zero-order valence-corrected chi connectivity index (χ0v) is 12.8. The van der Waals surface area contributed by atoms with Gasteiger partial charge in [-0.25, -0.2) is 0 Å². The van der Waals surface area contributed by atoms with E-state index in [1.54, 1.807) is 19.3 Å². The van der Waals surface area contributed by atoms with Gasteiger partial charge in [0.25, 0.3) is 5.91 Å². The number of aromatic nitrogens is 3. The number of rotatable bonds is 2. The van der Waals surface area contributed by atoms with Crippen LogP contribution in [0.1, 0.15) is 10.5 Å². The third-order valence-corrected chi connectivity index (χ3v) is 3.54. The van der Waals surface area contributed by atoms with Gasteiger partial charge in [0.15, 0.2) is 0 Å². The normalized spacial score (nSPS) is 10.8. The number of nitrogens with one attached hydrogen (secondary N) is 1. The number of hydrogen-bond donors (Lipinski definition) is 2. The largest absolute Gasteiger partial charge is 0.396 e. The Kier molecular flexibility index (Phi) is 3.34. The van der Waals surface area contributed by atoms with Crippen molar-refractivity contribution in [1.29, 1.82) is 0 Å². The fraction of sp³-hybridized carbons (Fsp3) is 0.0714. The molecule has 0 aliphatic heterocycles. The van der Waals surface area contributed by atoms with E-state index in [4.69, 9.17) is 5.73 Å². The summed E-state index contributed by atoms with van der Waals surface area (Å²) in [4.78, 5) is 16.7. The summed E-state index contributed by atoms with van der Waals surface area (Å²) < 4.78 is 2.33. The highest BCUT2D eigenvalue weighted by Crippen LogP contribution is 2.24. The lowest BCUT2D eigenvalue weighted by Gasteiger charge is -2.09. The van der Waals surface area contributed by atoms with Crippen LogP contribution in [-0.4, -0.2) is 20.7 Å². The number of aryl methyl sites for hydroxylation is 1. The van der Waals surface area contributed by atoms with Crippen LogP contribution in [0, 0.1) is 0 Å². The molecule has 3 aromatic rings. The average Bonchev–Trinajstić information content (AvgIpc) is 2.78. The topological polar surface area (TPSA) is 85.8 Å². The van der Waals surface area contributed by atoms with Gasteiger partial charge in [0.1, 0.15) is 5.69 Å². The zero-order chi connectivity index (χ0) is 15.0. The van der Waals surface area contributed by atoms with Gasteiger partial charge in [-0.2, -0.15) is 5.10 Å². The first kappa shape index (κ1) is 13.6. The van der Waals surface area contributed by atoms with Crippen molar-refractivity contribution < 1.29 is 4.79 Å². The number of carbonyl (C=O) groups excluding carboxylic acids is 1. The van der Waals surface area contributed by atoms with E-state index in [9.17, 15) is 4.79 Å². The van der Waals surface area contributed by atoms with E-state index in [1.165, 1.54) is 10.9 Å². The molecule has 106 valence electrons. The number of hydrogen-bond acceptors (Lipinski definition) is 4. The van der Waals surface area contributed by atoms with Crippen LogP contribution in [-0.2, 0) is 7.05 Å². The van der Waals surface area contributed by atoms with Crippen LogP contribution in [0.15, 0.2) is 41.1 Å².